The maximum absolute atomic E-state index is 13.4. The van der Waals surface area contributed by atoms with E-state index in [4.69, 9.17) is 9.05 Å². The molecular weight excluding hydrogens is 527 g/mol. The number of hydrogen-bond donors (Lipinski definition) is 0. The van der Waals surface area contributed by atoms with Crippen molar-refractivity contribution in [1.29, 1.82) is 0 Å². The molecule has 1 aliphatic rings. The normalized spacial score (nSPS) is 12.8. The van der Waals surface area contributed by atoms with Crippen molar-refractivity contribution in [3.05, 3.63) is 144 Å². The molecule has 0 aromatic heterocycles. The fourth-order valence-corrected chi connectivity index (χ4v) is 5.96. The maximum Gasteiger partial charge on any atom is 0.372 e. The van der Waals surface area contributed by atoms with Crippen molar-refractivity contribution in [2.24, 2.45) is 0 Å². The van der Waals surface area contributed by atoms with Gasteiger partial charge in [0.05, 0.1) is 11.1 Å². The molecule has 0 atom stereocenters. The van der Waals surface area contributed by atoms with Crippen LogP contribution in [-0.2, 0) is 4.57 Å². The number of hydrogen-bond acceptors (Lipinski definition) is 4. The van der Waals surface area contributed by atoms with Gasteiger partial charge in [-0.25, -0.2) is 4.57 Å². The van der Waals surface area contributed by atoms with E-state index in [0.29, 0.717) is 22.3 Å². The summed E-state index contributed by atoms with van der Waals surface area (Å²) in [6, 6.07) is 38.3. The minimum atomic E-state index is -4.88. The van der Waals surface area contributed by atoms with Crippen molar-refractivity contribution in [3.63, 3.8) is 0 Å². The minimum absolute atomic E-state index is 0.141. The van der Waals surface area contributed by atoms with Crippen LogP contribution in [0.25, 0.3) is 32.7 Å². The summed E-state index contributed by atoms with van der Waals surface area (Å²) in [5.41, 5.74) is 3.69. The van der Waals surface area contributed by atoms with E-state index in [1.165, 1.54) is 0 Å². The largest absolute Gasteiger partial charge is 0.736 e. The van der Waals surface area contributed by atoms with Gasteiger partial charge in [-0.1, -0.05) is 109 Å². The quantitative estimate of drug-likeness (QED) is 0.144. The zero-order valence-electron chi connectivity index (χ0n) is 21.6. The fourth-order valence-electron chi connectivity index (χ4n) is 5.09. The molecule has 0 fully saturated rings. The highest BCUT2D eigenvalue weighted by Gasteiger charge is 2.31. The second kappa shape index (κ2) is 10.1. The topological polar surface area (TPSA) is 58.6 Å². The Bertz CT molecular complexity index is 1990. The molecule has 6 aromatic carbocycles. The molecule has 0 aliphatic carbocycles. The maximum atomic E-state index is 13.4. The first-order chi connectivity index (χ1) is 20.1. The summed E-state index contributed by atoms with van der Waals surface area (Å²) in [7, 11) is -4.88. The summed E-state index contributed by atoms with van der Waals surface area (Å²) < 4.78 is 24.9. The first kappa shape index (κ1) is 24.8. The molecule has 41 heavy (non-hydrogen) atoms. The molecule has 1 aliphatic heterocycles. The lowest BCUT2D eigenvalue weighted by Crippen LogP contribution is -2.13. The number of rotatable bonds is 0. The van der Waals surface area contributed by atoms with E-state index < -0.39 is 7.82 Å². The number of fused-ring (bicyclic) bond motifs is 7. The van der Waals surface area contributed by atoms with Gasteiger partial charge in [0.1, 0.15) is 0 Å². The Morgan fingerprint density at radius 2 is 0.902 bits per heavy atom. The van der Waals surface area contributed by atoms with Gasteiger partial charge >= 0.3 is 7.82 Å². The van der Waals surface area contributed by atoms with Gasteiger partial charge in [-0.2, -0.15) is 0 Å². The van der Waals surface area contributed by atoms with Gasteiger partial charge in [0, 0.05) is 22.3 Å². The van der Waals surface area contributed by atoms with Crippen molar-refractivity contribution in [2.75, 3.05) is 0 Å². The van der Waals surface area contributed by atoms with Crippen molar-refractivity contribution < 1.29 is 18.5 Å². The van der Waals surface area contributed by atoms with Gasteiger partial charge < -0.3 is 13.9 Å². The summed E-state index contributed by atoms with van der Waals surface area (Å²) in [5, 5.41) is 3.42. The van der Waals surface area contributed by atoms with Crippen LogP contribution in [0.5, 0.6) is 11.5 Å². The van der Waals surface area contributed by atoms with E-state index in [1.54, 1.807) is 0 Å². The monoisotopic (exact) mass is 547 g/mol. The Hall–Kier alpha value is -5.25. The predicted molar refractivity (Wildman–Crippen MR) is 161 cm³/mol. The second-order valence-corrected chi connectivity index (χ2v) is 10.8. The highest BCUT2D eigenvalue weighted by atomic mass is 31.2. The van der Waals surface area contributed by atoms with Gasteiger partial charge in [-0.05, 0) is 57.9 Å². The SMILES string of the molecule is O=P1([O-])Oc2c(C#Cc3ccccc3)cc3ccccc3c2-c2c(c(C#Cc3ccccc3)cc3ccccc23)O1. The third-order valence-corrected chi connectivity index (χ3v) is 7.70. The first-order valence-electron chi connectivity index (χ1n) is 13.0. The third-order valence-electron chi connectivity index (χ3n) is 6.89. The number of benzene rings is 6. The molecular formula is C36H20O4P-. The lowest BCUT2D eigenvalue weighted by Gasteiger charge is -2.23. The van der Waals surface area contributed by atoms with Gasteiger partial charge in [0.2, 0.25) is 0 Å². The zero-order chi connectivity index (χ0) is 27.8. The zero-order valence-corrected chi connectivity index (χ0v) is 22.5. The Balaban J connectivity index is 1.60. The molecule has 0 saturated heterocycles. The second-order valence-electron chi connectivity index (χ2n) is 9.56. The molecule has 0 spiro atoms. The third kappa shape index (κ3) is 4.73. The first-order valence-corrected chi connectivity index (χ1v) is 14.5. The number of phosphoric ester groups is 1. The lowest BCUT2D eigenvalue weighted by molar-refractivity contribution is -0.208. The molecule has 0 amide bonds. The summed E-state index contributed by atoms with van der Waals surface area (Å²) >= 11 is 0. The lowest BCUT2D eigenvalue weighted by atomic mass is 9.89. The predicted octanol–water partition coefficient (Wildman–Crippen LogP) is 7.70. The molecule has 0 radical (unpaired) electrons. The Labute approximate surface area is 237 Å². The molecule has 5 heteroatoms. The van der Waals surface area contributed by atoms with E-state index in [-0.39, 0.29) is 11.5 Å². The van der Waals surface area contributed by atoms with E-state index in [2.05, 4.69) is 23.7 Å². The van der Waals surface area contributed by atoms with Crippen LogP contribution in [0.3, 0.4) is 0 Å². The average molecular weight is 548 g/mol. The Kier molecular flexibility index (Phi) is 6.07. The highest BCUT2D eigenvalue weighted by molar-refractivity contribution is 7.46. The highest BCUT2D eigenvalue weighted by Crippen LogP contribution is 2.57. The molecule has 0 N–H and O–H groups in total. The standard InChI is InChI=1S/C36H21O4P/c37-41(38)39-35-29(21-19-25-11-3-1-4-12-25)23-27-15-7-9-17-31(27)33(35)34-32-18-10-8-16-28(32)24-30(36(34)40-41)22-20-26-13-5-2-6-14-26/h1-18,23-24H,(H,37,38)/p-1. The van der Waals surface area contributed by atoms with Crippen molar-refractivity contribution in [1.82, 2.24) is 0 Å². The van der Waals surface area contributed by atoms with Crippen LogP contribution in [0.1, 0.15) is 22.3 Å². The molecule has 7 rings (SSSR count). The van der Waals surface area contributed by atoms with Gasteiger partial charge in [-0.15, -0.1) is 0 Å². The Morgan fingerprint density at radius 1 is 0.512 bits per heavy atom. The van der Waals surface area contributed by atoms with Crippen LogP contribution in [0, 0.1) is 23.7 Å². The molecule has 1 heterocycles. The fraction of sp³-hybridized carbons (Fsp3) is 0. The van der Waals surface area contributed by atoms with Gasteiger partial charge in [-0.3, -0.25) is 0 Å². The summed E-state index contributed by atoms with van der Waals surface area (Å²) in [4.78, 5) is 13.4. The van der Waals surface area contributed by atoms with E-state index in [1.807, 2.05) is 121 Å². The summed E-state index contributed by atoms with van der Waals surface area (Å²) in [6.07, 6.45) is 0. The molecule has 6 aromatic rings. The van der Waals surface area contributed by atoms with Crippen LogP contribution in [-0.4, -0.2) is 0 Å². The van der Waals surface area contributed by atoms with Crippen LogP contribution in [0.2, 0.25) is 0 Å². The molecule has 0 bridgehead atoms. The van der Waals surface area contributed by atoms with Crippen molar-refractivity contribution in [2.45, 2.75) is 0 Å². The minimum Gasteiger partial charge on any atom is -0.736 e. The van der Waals surface area contributed by atoms with E-state index in [9.17, 15) is 9.46 Å². The van der Waals surface area contributed by atoms with Crippen molar-refractivity contribution in [3.8, 4) is 46.3 Å². The van der Waals surface area contributed by atoms with Gasteiger partial charge in [0.25, 0.3) is 0 Å². The molecule has 0 saturated carbocycles. The smallest absolute Gasteiger partial charge is 0.372 e. The molecule has 0 unspecified atom stereocenters. The molecule has 194 valence electrons. The van der Waals surface area contributed by atoms with Crippen LogP contribution < -0.4 is 13.9 Å². The van der Waals surface area contributed by atoms with E-state index >= 15 is 0 Å². The van der Waals surface area contributed by atoms with Crippen LogP contribution in [0.15, 0.2) is 121 Å². The molecule has 4 nitrogen and oxygen atoms in total. The summed E-state index contributed by atoms with van der Waals surface area (Å²) in [6.45, 7) is 0. The summed E-state index contributed by atoms with van der Waals surface area (Å²) in [5.74, 6) is 12.9. The van der Waals surface area contributed by atoms with E-state index in [0.717, 1.165) is 32.7 Å². The average Bonchev–Trinajstić information content (AvgIpc) is 3.13. The van der Waals surface area contributed by atoms with Crippen LogP contribution in [0.4, 0.5) is 0 Å². The van der Waals surface area contributed by atoms with Crippen molar-refractivity contribution >= 4 is 29.4 Å². The Morgan fingerprint density at radius 3 is 1.34 bits per heavy atom. The van der Waals surface area contributed by atoms with Gasteiger partial charge in [0.15, 0.2) is 11.5 Å². The van der Waals surface area contributed by atoms with Crippen LogP contribution >= 0.6 is 7.82 Å². The number of phosphoric acid groups is 1.